The number of rotatable bonds is 5. The number of ether oxygens (including phenoxy) is 1. The first-order valence-electron chi connectivity index (χ1n) is 5.72. The maximum Gasteiger partial charge on any atom is 0.0589 e. The zero-order chi connectivity index (χ0) is 10.4. The van der Waals surface area contributed by atoms with Gasteiger partial charge in [0.1, 0.15) is 0 Å². The van der Waals surface area contributed by atoms with Gasteiger partial charge in [-0.1, -0.05) is 13.8 Å². The molecule has 1 aliphatic heterocycles. The molecule has 0 aromatic rings. The van der Waals surface area contributed by atoms with E-state index in [4.69, 9.17) is 4.74 Å². The molecule has 2 nitrogen and oxygen atoms in total. The molecular weight excluding hydrogens is 174 g/mol. The molecule has 1 rings (SSSR count). The van der Waals surface area contributed by atoms with E-state index < -0.39 is 0 Å². The SMILES string of the molecule is COCCN1CCC(C[C](C)C)CC1. The van der Waals surface area contributed by atoms with Crippen molar-refractivity contribution in [2.45, 2.75) is 33.1 Å². The molecule has 14 heavy (non-hydrogen) atoms. The number of piperidine rings is 1. The van der Waals surface area contributed by atoms with E-state index in [1.807, 2.05) is 0 Å². The first-order chi connectivity index (χ1) is 6.72. The van der Waals surface area contributed by atoms with Gasteiger partial charge >= 0.3 is 0 Å². The Morgan fingerprint density at radius 2 is 1.93 bits per heavy atom. The highest BCUT2D eigenvalue weighted by molar-refractivity contribution is 4.83. The fourth-order valence-electron chi connectivity index (χ4n) is 2.21. The topological polar surface area (TPSA) is 12.5 Å². The molecule has 0 amide bonds. The van der Waals surface area contributed by atoms with Crippen LogP contribution >= 0.6 is 0 Å². The van der Waals surface area contributed by atoms with Crippen LogP contribution in [-0.2, 0) is 4.74 Å². The van der Waals surface area contributed by atoms with E-state index in [1.54, 1.807) is 13.0 Å². The van der Waals surface area contributed by atoms with Crippen molar-refractivity contribution in [1.29, 1.82) is 0 Å². The average molecular weight is 198 g/mol. The zero-order valence-corrected chi connectivity index (χ0v) is 9.88. The van der Waals surface area contributed by atoms with Gasteiger partial charge in [0.05, 0.1) is 6.61 Å². The van der Waals surface area contributed by atoms with Crippen LogP contribution in [0.5, 0.6) is 0 Å². The smallest absolute Gasteiger partial charge is 0.0589 e. The molecule has 83 valence electrons. The third-order valence-corrected chi connectivity index (χ3v) is 3.02. The average Bonchev–Trinajstić information content (AvgIpc) is 2.16. The number of nitrogens with zero attached hydrogens (tertiary/aromatic N) is 1. The number of hydrogen-bond donors (Lipinski definition) is 0. The minimum atomic E-state index is 0.879. The van der Waals surface area contributed by atoms with E-state index in [0.717, 1.165) is 19.1 Å². The summed E-state index contributed by atoms with van der Waals surface area (Å²) in [6.45, 7) is 9.01. The monoisotopic (exact) mass is 198 g/mol. The van der Waals surface area contributed by atoms with Crippen LogP contribution in [0.2, 0.25) is 0 Å². The predicted octanol–water partition coefficient (Wildman–Crippen LogP) is 2.35. The Balaban J connectivity index is 2.11. The van der Waals surface area contributed by atoms with Gasteiger partial charge < -0.3 is 9.64 Å². The van der Waals surface area contributed by atoms with Gasteiger partial charge in [-0.3, -0.25) is 0 Å². The summed E-state index contributed by atoms with van der Waals surface area (Å²) in [5, 5.41) is 0. The van der Waals surface area contributed by atoms with Crippen molar-refractivity contribution in [2.24, 2.45) is 5.92 Å². The van der Waals surface area contributed by atoms with Crippen LogP contribution in [0.15, 0.2) is 0 Å². The van der Waals surface area contributed by atoms with Crippen molar-refractivity contribution in [3.63, 3.8) is 0 Å². The quantitative estimate of drug-likeness (QED) is 0.672. The highest BCUT2D eigenvalue weighted by Crippen LogP contribution is 2.24. The van der Waals surface area contributed by atoms with Crippen LogP contribution in [0.4, 0.5) is 0 Å². The fourth-order valence-corrected chi connectivity index (χ4v) is 2.21. The zero-order valence-electron chi connectivity index (χ0n) is 9.88. The minimum absolute atomic E-state index is 0.879. The lowest BCUT2D eigenvalue weighted by atomic mass is 9.89. The second-order valence-corrected chi connectivity index (χ2v) is 4.69. The maximum atomic E-state index is 5.09. The van der Waals surface area contributed by atoms with Crippen molar-refractivity contribution in [2.75, 3.05) is 33.4 Å². The summed E-state index contributed by atoms with van der Waals surface area (Å²) in [6.07, 6.45) is 4.07. The Hall–Kier alpha value is -0.0800. The Morgan fingerprint density at radius 1 is 1.29 bits per heavy atom. The van der Waals surface area contributed by atoms with Crippen LogP contribution in [0.1, 0.15) is 33.1 Å². The summed E-state index contributed by atoms with van der Waals surface area (Å²) in [4.78, 5) is 2.52. The first kappa shape index (κ1) is 12.0. The predicted molar refractivity (Wildman–Crippen MR) is 60.2 cm³/mol. The molecule has 0 saturated carbocycles. The van der Waals surface area contributed by atoms with Crippen LogP contribution in [0.3, 0.4) is 0 Å². The molecule has 0 aliphatic carbocycles. The van der Waals surface area contributed by atoms with Gasteiger partial charge in [0.15, 0.2) is 0 Å². The van der Waals surface area contributed by atoms with E-state index in [9.17, 15) is 0 Å². The third kappa shape index (κ3) is 4.43. The molecule has 0 spiro atoms. The minimum Gasteiger partial charge on any atom is -0.383 e. The summed E-state index contributed by atoms with van der Waals surface area (Å²) in [5.41, 5.74) is 0. The normalized spacial score (nSPS) is 20.6. The van der Waals surface area contributed by atoms with Crippen LogP contribution in [0, 0.1) is 11.8 Å². The fraction of sp³-hybridized carbons (Fsp3) is 0.917. The highest BCUT2D eigenvalue weighted by Gasteiger charge is 2.19. The van der Waals surface area contributed by atoms with Gasteiger partial charge in [0, 0.05) is 13.7 Å². The first-order valence-corrected chi connectivity index (χ1v) is 5.72. The summed E-state index contributed by atoms with van der Waals surface area (Å²) in [6, 6.07) is 0. The molecule has 2 heteroatoms. The summed E-state index contributed by atoms with van der Waals surface area (Å²) < 4.78 is 5.09. The molecule has 1 heterocycles. The molecule has 0 atom stereocenters. The Bertz CT molecular complexity index is 139. The van der Waals surface area contributed by atoms with E-state index in [2.05, 4.69) is 18.7 Å². The second kappa shape index (κ2) is 6.41. The summed E-state index contributed by atoms with van der Waals surface area (Å²) >= 11 is 0. The van der Waals surface area contributed by atoms with E-state index in [-0.39, 0.29) is 0 Å². The Kier molecular flexibility index (Phi) is 5.49. The Morgan fingerprint density at radius 3 is 2.43 bits per heavy atom. The van der Waals surface area contributed by atoms with Crippen LogP contribution < -0.4 is 0 Å². The summed E-state index contributed by atoms with van der Waals surface area (Å²) in [5.74, 6) is 2.53. The van der Waals surface area contributed by atoms with Gasteiger partial charge in [0.2, 0.25) is 0 Å². The van der Waals surface area contributed by atoms with Gasteiger partial charge in [-0.05, 0) is 44.2 Å². The van der Waals surface area contributed by atoms with Crippen LogP contribution in [0.25, 0.3) is 0 Å². The van der Waals surface area contributed by atoms with Crippen molar-refractivity contribution >= 4 is 0 Å². The molecule has 1 radical (unpaired) electrons. The van der Waals surface area contributed by atoms with E-state index in [1.165, 1.54) is 32.4 Å². The standard InChI is InChI=1S/C12H24NO/c1-11(2)10-12-4-6-13(7-5-12)8-9-14-3/h12H,4-10H2,1-3H3. The van der Waals surface area contributed by atoms with Crippen molar-refractivity contribution in [3.8, 4) is 0 Å². The van der Waals surface area contributed by atoms with Crippen molar-refractivity contribution in [1.82, 2.24) is 4.90 Å². The maximum absolute atomic E-state index is 5.09. The van der Waals surface area contributed by atoms with E-state index in [0.29, 0.717) is 0 Å². The molecule has 1 fully saturated rings. The molecule has 0 bridgehead atoms. The lowest BCUT2D eigenvalue weighted by Gasteiger charge is -2.32. The van der Waals surface area contributed by atoms with Crippen molar-refractivity contribution < 1.29 is 4.74 Å². The third-order valence-electron chi connectivity index (χ3n) is 3.02. The van der Waals surface area contributed by atoms with Gasteiger partial charge in [-0.25, -0.2) is 0 Å². The van der Waals surface area contributed by atoms with Gasteiger partial charge in [-0.15, -0.1) is 0 Å². The lowest BCUT2D eigenvalue weighted by Crippen LogP contribution is -2.36. The highest BCUT2D eigenvalue weighted by atomic mass is 16.5. The molecular formula is C12H24NO. The molecule has 0 N–H and O–H groups in total. The molecule has 0 aromatic heterocycles. The number of hydrogen-bond acceptors (Lipinski definition) is 2. The van der Waals surface area contributed by atoms with E-state index >= 15 is 0 Å². The van der Waals surface area contributed by atoms with Crippen LogP contribution in [-0.4, -0.2) is 38.3 Å². The number of likely N-dealkylation sites (tertiary alicyclic amines) is 1. The molecule has 1 saturated heterocycles. The second-order valence-electron chi connectivity index (χ2n) is 4.69. The molecule has 0 unspecified atom stereocenters. The Labute approximate surface area is 88.6 Å². The summed E-state index contributed by atoms with van der Waals surface area (Å²) in [7, 11) is 1.78. The lowest BCUT2D eigenvalue weighted by molar-refractivity contribution is 0.119. The molecule has 1 aliphatic rings. The van der Waals surface area contributed by atoms with Gasteiger partial charge in [0.25, 0.3) is 0 Å². The largest absolute Gasteiger partial charge is 0.383 e. The number of methoxy groups -OCH3 is 1. The molecule has 0 aromatic carbocycles. The van der Waals surface area contributed by atoms with Gasteiger partial charge in [-0.2, -0.15) is 0 Å². The van der Waals surface area contributed by atoms with Crippen molar-refractivity contribution in [3.05, 3.63) is 5.92 Å².